The number of carbonyl (C=O) groups excluding carboxylic acids is 2. The monoisotopic (exact) mass is 276 g/mol. The fourth-order valence-corrected chi connectivity index (χ4v) is 2.24. The lowest BCUT2D eigenvalue weighted by molar-refractivity contribution is -0.123. The molecule has 1 fully saturated rings. The SMILES string of the molecule is NC(=O)Nc1ccc(CNC(=O)C2CCCCN2)cc1. The number of primary amides is 1. The van der Waals surface area contributed by atoms with Gasteiger partial charge in [0.25, 0.3) is 0 Å². The zero-order valence-corrected chi connectivity index (χ0v) is 11.3. The van der Waals surface area contributed by atoms with Gasteiger partial charge in [-0.25, -0.2) is 4.79 Å². The number of hydrogen-bond acceptors (Lipinski definition) is 3. The van der Waals surface area contributed by atoms with E-state index in [4.69, 9.17) is 5.73 Å². The van der Waals surface area contributed by atoms with Gasteiger partial charge in [-0.1, -0.05) is 18.6 Å². The number of carbonyl (C=O) groups is 2. The van der Waals surface area contributed by atoms with Gasteiger partial charge >= 0.3 is 6.03 Å². The van der Waals surface area contributed by atoms with Crippen molar-refractivity contribution in [1.29, 1.82) is 0 Å². The Labute approximate surface area is 118 Å². The van der Waals surface area contributed by atoms with E-state index in [2.05, 4.69) is 16.0 Å². The fourth-order valence-electron chi connectivity index (χ4n) is 2.24. The lowest BCUT2D eigenvalue weighted by Gasteiger charge is -2.22. The predicted octanol–water partition coefficient (Wildman–Crippen LogP) is 0.935. The maximum absolute atomic E-state index is 11.9. The van der Waals surface area contributed by atoms with Crippen molar-refractivity contribution in [3.63, 3.8) is 0 Å². The quantitative estimate of drug-likeness (QED) is 0.659. The molecule has 2 rings (SSSR count). The smallest absolute Gasteiger partial charge is 0.316 e. The molecule has 0 radical (unpaired) electrons. The highest BCUT2D eigenvalue weighted by Crippen LogP contribution is 2.10. The summed E-state index contributed by atoms with van der Waals surface area (Å²) in [7, 11) is 0. The van der Waals surface area contributed by atoms with E-state index < -0.39 is 6.03 Å². The average Bonchev–Trinajstić information content (AvgIpc) is 2.46. The first-order valence-corrected chi connectivity index (χ1v) is 6.81. The maximum Gasteiger partial charge on any atom is 0.316 e. The molecule has 1 aromatic rings. The molecule has 0 bridgehead atoms. The number of rotatable bonds is 4. The standard InChI is InChI=1S/C14H20N4O2/c15-14(20)18-11-6-4-10(5-7-11)9-17-13(19)12-3-1-2-8-16-12/h4-7,12,16H,1-3,8-9H2,(H,17,19)(H3,15,18,20). The van der Waals surface area contributed by atoms with Crippen molar-refractivity contribution in [2.24, 2.45) is 5.73 Å². The van der Waals surface area contributed by atoms with Crippen LogP contribution in [0.2, 0.25) is 0 Å². The summed E-state index contributed by atoms with van der Waals surface area (Å²) >= 11 is 0. The van der Waals surface area contributed by atoms with Gasteiger partial charge in [0.15, 0.2) is 0 Å². The Morgan fingerprint density at radius 1 is 1.25 bits per heavy atom. The Bertz CT molecular complexity index is 467. The summed E-state index contributed by atoms with van der Waals surface area (Å²) in [4.78, 5) is 22.6. The van der Waals surface area contributed by atoms with E-state index >= 15 is 0 Å². The number of piperidine rings is 1. The van der Waals surface area contributed by atoms with Crippen molar-refractivity contribution >= 4 is 17.6 Å². The first-order valence-electron chi connectivity index (χ1n) is 6.81. The van der Waals surface area contributed by atoms with Crippen molar-refractivity contribution < 1.29 is 9.59 Å². The van der Waals surface area contributed by atoms with Crippen LogP contribution in [0.25, 0.3) is 0 Å². The first kappa shape index (κ1) is 14.3. The molecule has 1 unspecified atom stereocenters. The summed E-state index contributed by atoms with van der Waals surface area (Å²) < 4.78 is 0. The molecule has 6 nitrogen and oxygen atoms in total. The van der Waals surface area contributed by atoms with Gasteiger partial charge in [0.1, 0.15) is 0 Å². The largest absolute Gasteiger partial charge is 0.351 e. The average molecular weight is 276 g/mol. The molecule has 1 heterocycles. The Kier molecular flexibility index (Phi) is 4.95. The summed E-state index contributed by atoms with van der Waals surface area (Å²) in [6.07, 6.45) is 3.13. The van der Waals surface area contributed by atoms with Gasteiger partial charge in [0.05, 0.1) is 6.04 Å². The van der Waals surface area contributed by atoms with E-state index in [1.54, 1.807) is 12.1 Å². The Morgan fingerprint density at radius 3 is 2.60 bits per heavy atom. The lowest BCUT2D eigenvalue weighted by atomic mass is 10.0. The van der Waals surface area contributed by atoms with Crippen molar-refractivity contribution in [3.8, 4) is 0 Å². The number of urea groups is 1. The van der Waals surface area contributed by atoms with Crippen LogP contribution in [-0.2, 0) is 11.3 Å². The van der Waals surface area contributed by atoms with Gasteiger partial charge in [0, 0.05) is 12.2 Å². The van der Waals surface area contributed by atoms with Crippen LogP contribution in [0.1, 0.15) is 24.8 Å². The van der Waals surface area contributed by atoms with Crippen LogP contribution >= 0.6 is 0 Å². The minimum atomic E-state index is -0.588. The van der Waals surface area contributed by atoms with Crippen molar-refractivity contribution in [2.45, 2.75) is 31.8 Å². The number of nitrogens with two attached hydrogens (primary N) is 1. The molecular weight excluding hydrogens is 256 g/mol. The number of anilines is 1. The van der Waals surface area contributed by atoms with Crippen LogP contribution < -0.4 is 21.7 Å². The van der Waals surface area contributed by atoms with Crippen LogP contribution in [-0.4, -0.2) is 24.5 Å². The number of amides is 3. The fraction of sp³-hybridized carbons (Fsp3) is 0.429. The highest BCUT2D eigenvalue weighted by molar-refractivity contribution is 5.87. The van der Waals surface area contributed by atoms with Gasteiger partial charge in [-0.15, -0.1) is 0 Å². The molecule has 1 atom stereocenters. The minimum Gasteiger partial charge on any atom is -0.351 e. The number of hydrogen-bond donors (Lipinski definition) is 4. The third-order valence-corrected chi connectivity index (χ3v) is 3.32. The van der Waals surface area contributed by atoms with E-state index in [9.17, 15) is 9.59 Å². The molecular formula is C14H20N4O2. The number of benzene rings is 1. The molecule has 1 aromatic carbocycles. The summed E-state index contributed by atoms with van der Waals surface area (Å²) in [6, 6.07) is 6.55. The molecule has 5 N–H and O–H groups in total. The van der Waals surface area contributed by atoms with Crippen LogP contribution in [0.4, 0.5) is 10.5 Å². The van der Waals surface area contributed by atoms with E-state index in [1.807, 2.05) is 12.1 Å². The molecule has 20 heavy (non-hydrogen) atoms. The molecule has 0 aliphatic carbocycles. The van der Waals surface area contributed by atoms with E-state index in [0.29, 0.717) is 12.2 Å². The van der Waals surface area contributed by atoms with E-state index in [-0.39, 0.29) is 11.9 Å². The van der Waals surface area contributed by atoms with Crippen molar-refractivity contribution in [3.05, 3.63) is 29.8 Å². The third kappa shape index (κ3) is 4.24. The number of nitrogens with one attached hydrogen (secondary N) is 3. The van der Waals surface area contributed by atoms with E-state index in [1.165, 1.54) is 0 Å². The predicted molar refractivity (Wildman–Crippen MR) is 77.1 cm³/mol. The molecule has 0 spiro atoms. The van der Waals surface area contributed by atoms with Crippen LogP contribution in [0.3, 0.4) is 0 Å². The molecule has 1 aliphatic heterocycles. The molecule has 0 saturated carbocycles. The normalized spacial score (nSPS) is 18.3. The molecule has 6 heteroatoms. The molecule has 0 aromatic heterocycles. The summed E-state index contributed by atoms with van der Waals surface area (Å²) in [5, 5.41) is 8.62. The lowest BCUT2D eigenvalue weighted by Crippen LogP contribution is -2.46. The van der Waals surface area contributed by atoms with Gasteiger partial charge < -0.3 is 21.7 Å². The van der Waals surface area contributed by atoms with Crippen LogP contribution in [0.15, 0.2) is 24.3 Å². The summed E-state index contributed by atoms with van der Waals surface area (Å²) in [5.41, 5.74) is 6.65. The topological polar surface area (TPSA) is 96.2 Å². The van der Waals surface area contributed by atoms with Gasteiger partial charge in [0.2, 0.25) is 5.91 Å². The maximum atomic E-state index is 11.9. The second-order valence-electron chi connectivity index (χ2n) is 4.91. The Morgan fingerprint density at radius 2 is 2.00 bits per heavy atom. The second kappa shape index (κ2) is 6.91. The molecule has 1 saturated heterocycles. The van der Waals surface area contributed by atoms with Gasteiger partial charge in [-0.05, 0) is 37.1 Å². The Hall–Kier alpha value is -2.08. The summed E-state index contributed by atoms with van der Waals surface area (Å²) in [6.45, 7) is 1.39. The van der Waals surface area contributed by atoms with E-state index in [0.717, 1.165) is 31.4 Å². The Balaban J connectivity index is 1.81. The molecule has 1 aliphatic rings. The highest BCUT2D eigenvalue weighted by atomic mass is 16.2. The zero-order valence-electron chi connectivity index (χ0n) is 11.3. The van der Waals surface area contributed by atoms with Crippen LogP contribution in [0.5, 0.6) is 0 Å². The molecule has 3 amide bonds. The first-order chi connectivity index (χ1) is 9.65. The van der Waals surface area contributed by atoms with Crippen LogP contribution in [0, 0.1) is 0 Å². The third-order valence-electron chi connectivity index (χ3n) is 3.32. The zero-order chi connectivity index (χ0) is 14.4. The molecule has 108 valence electrons. The minimum absolute atomic E-state index is 0.0454. The van der Waals surface area contributed by atoms with Gasteiger partial charge in [-0.3, -0.25) is 4.79 Å². The highest BCUT2D eigenvalue weighted by Gasteiger charge is 2.19. The second-order valence-corrected chi connectivity index (χ2v) is 4.91. The van der Waals surface area contributed by atoms with Crippen molar-refractivity contribution in [2.75, 3.05) is 11.9 Å². The summed E-state index contributed by atoms with van der Waals surface area (Å²) in [5.74, 6) is 0.0454. The van der Waals surface area contributed by atoms with Gasteiger partial charge in [-0.2, -0.15) is 0 Å². The van der Waals surface area contributed by atoms with Crippen molar-refractivity contribution in [1.82, 2.24) is 10.6 Å².